The van der Waals surface area contributed by atoms with E-state index in [0.29, 0.717) is 12.4 Å². The number of hydrogen-bond donors (Lipinski definition) is 0. The molecule has 5 nitrogen and oxygen atoms in total. The molecule has 1 aromatic carbocycles. The summed E-state index contributed by atoms with van der Waals surface area (Å²) in [6.45, 7) is 2.55. The maximum absolute atomic E-state index is 12.0. The first-order valence-corrected chi connectivity index (χ1v) is 6.98. The Morgan fingerprint density at radius 2 is 1.95 bits per heavy atom. The van der Waals surface area contributed by atoms with Gasteiger partial charge in [0.15, 0.2) is 5.82 Å². The second-order valence-corrected chi connectivity index (χ2v) is 4.80. The topological polar surface area (TPSA) is 51.0 Å². The molecule has 106 valence electrons. The number of benzene rings is 1. The first kappa shape index (κ1) is 14.5. The fraction of sp³-hybridized carbons (Fsp3) is 0.357. The van der Waals surface area contributed by atoms with Crippen molar-refractivity contribution in [2.75, 3.05) is 10.8 Å². The number of halogens is 1. The molecule has 0 aliphatic heterocycles. The van der Waals surface area contributed by atoms with Crippen molar-refractivity contribution in [3.8, 4) is 0 Å². The van der Waals surface area contributed by atoms with Gasteiger partial charge in [-0.25, -0.2) is 0 Å². The molecule has 0 saturated heterocycles. The Bertz CT molecular complexity index is 579. The van der Waals surface area contributed by atoms with Gasteiger partial charge in [-0.05, 0) is 17.5 Å². The largest absolute Gasteiger partial charge is 0.288 e. The number of alkyl halides is 1. The summed E-state index contributed by atoms with van der Waals surface area (Å²) in [7, 11) is 1.76. The van der Waals surface area contributed by atoms with Crippen molar-refractivity contribution in [2.24, 2.45) is 7.05 Å². The van der Waals surface area contributed by atoms with Crippen molar-refractivity contribution in [3.63, 3.8) is 0 Å². The van der Waals surface area contributed by atoms with E-state index < -0.39 is 0 Å². The normalized spacial score (nSPS) is 10.6. The summed E-state index contributed by atoms with van der Waals surface area (Å²) < 4.78 is 1.56. The molecule has 2 rings (SSSR count). The number of amides is 1. The van der Waals surface area contributed by atoms with Gasteiger partial charge in [-0.3, -0.25) is 14.4 Å². The molecular weight excluding hydrogens is 276 g/mol. The van der Waals surface area contributed by atoms with Crippen LogP contribution in [0.3, 0.4) is 0 Å². The number of aromatic nitrogens is 3. The summed E-state index contributed by atoms with van der Waals surface area (Å²) >= 11 is 5.67. The van der Waals surface area contributed by atoms with Gasteiger partial charge >= 0.3 is 0 Å². The van der Waals surface area contributed by atoms with Gasteiger partial charge in [0.2, 0.25) is 5.91 Å². The predicted molar refractivity (Wildman–Crippen MR) is 78.7 cm³/mol. The zero-order valence-electron chi connectivity index (χ0n) is 11.6. The molecule has 0 fully saturated rings. The number of nitrogens with zero attached hydrogens (tertiary/aromatic N) is 4. The molecule has 1 aromatic heterocycles. The van der Waals surface area contributed by atoms with E-state index in [9.17, 15) is 4.79 Å². The van der Waals surface area contributed by atoms with E-state index in [1.165, 1.54) is 5.56 Å². The van der Waals surface area contributed by atoms with Crippen LogP contribution in [0.15, 0.2) is 30.5 Å². The van der Waals surface area contributed by atoms with E-state index in [-0.39, 0.29) is 11.8 Å². The zero-order valence-corrected chi connectivity index (χ0v) is 12.3. The Morgan fingerprint density at radius 1 is 1.30 bits per heavy atom. The van der Waals surface area contributed by atoms with Crippen molar-refractivity contribution in [3.05, 3.63) is 41.6 Å². The molecule has 2 aromatic rings. The fourth-order valence-electron chi connectivity index (χ4n) is 1.89. The summed E-state index contributed by atoms with van der Waals surface area (Å²) in [5.74, 6) is 0.244. The molecule has 0 unspecified atom stereocenters. The third kappa shape index (κ3) is 3.36. The SMILES string of the molecule is CCc1ccc(CN(C(=O)CCl)c2cn(C)nn2)cc1. The van der Waals surface area contributed by atoms with E-state index >= 15 is 0 Å². The summed E-state index contributed by atoms with van der Waals surface area (Å²) in [5.41, 5.74) is 2.30. The number of rotatable bonds is 5. The minimum Gasteiger partial charge on any atom is -0.288 e. The Hall–Kier alpha value is -1.88. The minimum absolute atomic E-state index is 0.0797. The number of hydrogen-bond acceptors (Lipinski definition) is 3. The fourth-order valence-corrected chi connectivity index (χ4v) is 2.04. The summed E-state index contributed by atoms with van der Waals surface area (Å²) in [6.07, 6.45) is 2.69. The first-order chi connectivity index (χ1) is 9.63. The Balaban J connectivity index is 2.21. The second-order valence-electron chi connectivity index (χ2n) is 4.53. The summed E-state index contributed by atoms with van der Waals surface area (Å²) in [5, 5.41) is 7.83. The molecule has 0 N–H and O–H groups in total. The van der Waals surface area contributed by atoms with Gasteiger partial charge in [0.25, 0.3) is 0 Å². The third-order valence-corrected chi connectivity index (χ3v) is 3.28. The lowest BCUT2D eigenvalue weighted by atomic mass is 10.1. The van der Waals surface area contributed by atoms with Gasteiger partial charge in [0.1, 0.15) is 5.88 Å². The minimum atomic E-state index is -0.188. The molecule has 6 heteroatoms. The number of anilines is 1. The molecule has 0 bridgehead atoms. The second kappa shape index (κ2) is 6.52. The smallest absolute Gasteiger partial charge is 0.243 e. The monoisotopic (exact) mass is 292 g/mol. The highest BCUT2D eigenvalue weighted by molar-refractivity contribution is 6.29. The van der Waals surface area contributed by atoms with Crippen LogP contribution in [-0.4, -0.2) is 26.8 Å². The molecule has 1 heterocycles. The van der Waals surface area contributed by atoms with E-state index in [1.807, 2.05) is 12.1 Å². The van der Waals surface area contributed by atoms with Gasteiger partial charge in [0.05, 0.1) is 12.7 Å². The lowest BCUT2D eigenvalue weighted by Crippen LogP contribution is -2.31. The van der Waals surface area contributed by atoms with Gasteiger partial charge in [-0.1, -0.05) is 36.4 Å². The van der Waals surface area contributed by atoms with Crippen LogP contribution in [0, 0.1) is 0 Å². The maximum atomic E-state index is 12.0. The van der Waals surface area contributed by atoms with Crippen LogP contribution in [0.5, 0.6) is 0 Å². The van der Waals surface area contributed by atoms with Crippen molar-refractivity contribution in [1.82, 2.24) is 15.0 Å². The van der Waals surface area contributed by atoms with Gasteiger partial charge in [-0.2, -0.15) is 0 Å². The van der Waals surface area contributed by atoms with Crippen LogP contribution in [0.2, 0.25) is 0 Å². The van der Waals surface area contributed by atoms with Crippen molar-refractivity contribution in [2.45, 2.75) is 19.9 Å². The molecule has 0 aliphatic carbocycles. The van der Waals surface area contributed by atoms with E-state index in [0.717, 1.165) is 12.0 Å². The summed E-state index contributed by atoms with van der Waals surface area (Å²) in [6, 6.07) is 8.16. The lowest BCUT2D eigenvalue weighted by molar-refractivity contribution is -0.116. The average molecular weight is 293 g/mol. The predicted octanol–water partition coefficient (Wildman–Crippen LogP) is 2.15. The molecular formula is C14H17ClN4O. The standard InChI is InChI=1S/C14H17ClN4O/c1-3-11-4-6-12(7-5-11)9-19(14(20)8-15)13-10-18(2)17-16-13/h4-7,10H,3,8-9H2,1-2H3. The van der Waals surface area contributed by atoms with Crippen LogP contribution in [0.25, 0.3) is 0 Å². The third-order valence-electron chi connectivity index (χ3n) is 3.05. The van der Waals surface area contributed by atoms with Crippen molar-refractivity contribution in [1.29, 1.82) is 0 Å². The number of aryl methyl sites for hydroxylation is 2. The van der Waals surface area contributed by atoms with Crippen molar-refractivity contribution >= 4 is 23.3 Å². The summed E-state index contributed by atoms with van der Waals surface area (Å²) in [4.78, 5) is 13.5. The van der Waals surface area contributed by atoms with Crippen molar-refractivity contribution < 1.29 is 4.79 Å². The van der Waals surface area contributed by atoms with Gasteiger partial charge < -0.3 is 0 Å². The van der Waals surface area contributed by atoms with Crippen LogP contribution >= 0.6 is 11.6 Å². The first-order valence-electron chi connectivity index (χ1n) is 6.44. The maximum Gasteiger partial charge on any atom is 0.243 e. The van der Waals surface area contributed by atoms with E-state index in [4.69, 9.17) is 11.6 Å². The van der Waals surface area contributed by atoms with Crippen LogP contribution < -0.4 is 4.90 Å². The van der Waals surface area contributed by atoms with Crippen LogP contribution in [-0.2, 0) is 24.8 Å². The molecule has 0 spiro atoms. The molecule has 20 heavy (non-hydrogen) atoms. The molecule has 1 amide bonds. The average Bonchev–Trinajstić information content (AvgIpc) is 2.91. The van der Waals surface area contributed by atoms with E-state index in [1.54, 1.807) is 22.8 Å². The highest BCUT2D eigenvalue weighted by atomic mass is 35.5. The van der Waals surface area contributed by atoms with E-state index in [2.05, 4.69) is 29.4 Å². The van der Waals surface area contributed by atoms with Gasteiger partial charge in [0, 0.05) is 7.05 Å². The Morgan fingerprint density at radius 3 is 2.45 bits per heavy atom. The molecule has 0 aliphatic rings. The van der Waals surface area contributed by atoms with Gasteiger partial charge in [-0.15, -0.1) is 16.7 Å². The van der Waals surface area contributed by atoms with Crippen LogP contribution in [0.4, 0.5) is 5.82 Å². The highest BCUT2D eigenvalue weighted by Gasteiger charge is 2.18. The number of carbonyl (C=O) groups excluding carboxylic acids is 1. The lowest BCUT2D eigenvalue weighted by Gasteiger charge is -2.18. The number of carbonyl (C=O) groups is 1. The molecule has 0 radical (unpaired) electrons. The highest BCUT2D eigenvalue weighted by Crippen LogP contribution is 2.15. The Kier molecular flexibility index (Phi) is 4.74. The molecule has 0 saturated carbocycles. The quantitative estimate of drug-likeness (QED) is 0.794. The van der Waals surface area contributed by atoms with Crippen LogP contribution in [0.1, 0.15) is 18.1 Å². The Labute approximate surface area is 123 Å². The molecule has 0 atom stereocenters. The zero-order chi connectivity index (χ0) is 14.5.